The molecule has 2 nitrogen and oxygen atoms in total. The molecule has 90 valence electrons. The van der Waals surface area contributed by atoms with Crippen LogP contribution in [0.15, 0.2) is 0 Å². The van der Waals surface area contributed by atoms with Gasteiger partial charge in [-0.3, -0.25) is 0 Å². The summed E-state index contributed by atoms with van der Waals surface area (Å²) in [5.74, 6) is 0. The van der Waals surface area contributed by atoms with Crippen LogP contribution in [0.2, 0.25) is 0 Å². The number of rotatable bonds is 4. The van der Waals surface area contributed by atoms with Crippen LogP contribution >= 0.6 is 0 Å². The number of methoxy groups -OCH3 is 1. The largest absolute Gasteiger partial charge is 0.377 e. The summed E-state index contributed by atoms with van der Waals surface area (Å²) in [6.07, 6.45) is 6.94. The predicted molar refractivity (Wildman–Crippen MR) is 64.9 cm³/mol. The second kappa shape index (κ2) is 4.84. The molecule has 1 saturated carbocycles. The fraction of sp³-hybridized carbons (Fsp3) is 1.00. The molecular weight excluding hydrogens is 186 g/mol. The zero-order valence-corrected chi connectivity index (χ0v) is 10.8. The van der Waals surface area contributed by atoms with Crippen LogP contribution in [0.3, 0.4) is 0 Å². The van der Waals surface area contributed by atoms with Gasteiger partial charge in [0.05, 0.1) is 5.60 Å². The van der Waals surface area contributed by atoms with Crippen molar-refractivity contribution in [3.05, 3.63) is 0 Å². The Morgan fingerprint density at radius 1 is 1.20 bits per heavy atom. The second-order valence-electron chi connectivity index (χ2n) is 5.83. The Bertz CT molecular complexity index is 191. The van der Waals surface area contributed by atoms with Gasteiger partial charge in [-0.15, -0.1) is 0 Å². The van der Waals surface area contributed by atoms with E-state index in [1.807, 2.05) is 7.11 Å². The SMILES string of the molecule is CCC[C@@H](N)C1(OC)CCC(C)(C)CC1. The predicted octanol–water partition coefficient (Wildman–Crippen LogP) is 3.10. The molecule has 0 unspecified atom stereocenters. The number of ether oxygens (including phenoxy) is 1. The average molecular weight is 213 g/mol. The first-order valence-electron chi connectivity index (χ1n) is 6.26. The van der Waals surface area contributed by atoms with E-state index in [0.717, 1.165) is 25.7 Å². The lowest BCUT2D eigenvalue weighted by Gasteiger charge is -2.46. The number of nitrogens with two attached hydrogens (primary N) is 1. The van der Waals surface area contributed by atoms with E-state index in [-0.39, 0.29) is 11.6 Å². The first kappa shape index (κ1) is 13.0. The molecule has 0 amide bonds. The molecule has 0 aromatic rings. The molecular formula is C13H27NO. The Hall–Kier alpha value is -0.0800. The third-order valence-corrected chi connectivity index (χ3v) is 4.13. The van der Waals surface area contributed by atoms with Crippen LogP contribution < -0.4 is 5.73 Å². The van der Waals surface area contributed by atoms with Crippen molar-refractivity contribution < 1.29 is 4.74 Å². The van der Waals surface area contributed by atoms with E-state index in [9.17, 15) is 0 Å². The van der Waals surface area contributed by atoms with Crippen LogP contribution in [0, 0.1) is 5.41 Å². The standard InChI is InChI=1S/C13H27NO/c1-5-6-11(14)13(15-4)9-7-12(2,3)8-10-13/h11H,5-10,14H2,1-4H3/t11-/m1/s1. The molecule has 1 aliphatic rings. The van der Waals surface area contributed by atoms with Crippen molar-refractivity contribution >= 4 is 0 Å². The van der Waals surface area contributed by atoms with Crippen LogP contribution in [0.4, 0.5) is 0 Å². The van der Waals surface area contributed by atoms with E-state index in [2.05, 4.69) is 20.8 Å². The highest BCUT2D eigenvalue weighted by Crippen LogP contribution is 2.43. The van der Waals surface area contributed by atoms with Crippen molar-refractivity contribution in [2.75, 3.05) is 7.11 Å². The minimum Gasteiger partial charge on any atom is -0.377 e. The van der Waals surface area contributed by atoms with Crippen LogP contribution in [0.1, 0.15) is 59.3 Å². The van der Waals surface area contributed by atoms with Crippen LogP contribution in [0.5, 0.6) is 0 Å². The molecule has 0 saturated heterocycles. The summed E-state index contributed by atoms with van der Waals surface area (Å²) in [4.78, 5) is 0. The van der Waals surface area contributed by atoms with Gasteiger partial charge >= 0.3 is 0 Å². The molecule has 0 heterocycles. The minimum absolute atomic E-state index is 0.0362. The van der Waals surface area contributed by atoms with Gasteiger partial charge < -0.3 is 10.5 Å². The zero-order valence-electron chi connectivity index (χ0n) is 10.8. The van der Waals surface area contributed by atoms with E-state index in [0.29, 0.717) is 5.41 Å². The van der Waals surface area contributed by atoms with Crippen LogP contribution in [0.25, 0.3) is 0 Å². The van der Waals surface area contributed by atoms with Gasteiger partial charge in [0.15, 0.2) is 0 Å². The van der Waals surface area contributed by atoms with Crippen molar-refractivity contribution in [2.45, 2.75) is 70.9 Å². The van der Waals surface area contributed by atoms with E-state index < -0.39 is 0 Å². The summed E-state index contributed by atoms with van der Waals surface area (Å²) in [5.41, 5.74) is 6.71. The summed E-state index contributed by atoms with van der Waals surface area (Å²) in [7, 11) is 1.83. The molecule has 1 aliphatic carbocycles. The van der Waals surface area contributed by atoms with Gasteiger partial charge in [-0.2, -0.15) is 0 Å². The topological polar surface area (TPSA) is 35.2 Å². The minimum atomic E-state index is -0.0362. The quantitative estimate of drug-likeness (QED) is 0.779. The number of hydrogen-bond acceptors (Lipinski definition) is 2. The van der Waals surface area contributed by atoms with Gasteiger partial charge in [0, 0.05) is 13.2 Å². The highest BCUT2D eigenvalue weighted by molar-refractivity contribution is 4.97. The van der Waals surface area contributed by atoms with Gasteiger partial charge in [0.2, 0.25) is 0 Å². The normalized spacial score (nSPS) is 26.2. The summed E-state index contributed by atoms with van der Waals surface area (Å²) < 4.78 is 5.76. The molecule has 1 atom stereocenters. The van der Waals surface area contributed by atoms with Gasteiger partial charge in [-0.1, -0.05) is 27.2 Å². The van der Waals surface area contributed by atoms with Crippen molar-refractivity contribution in [3.63, 3.8) is 0 Å². The molecule has 0 radical (unpaired) electrons. The van der Waals surface area contributed by atoms with E-state index >= 15 is 0 Å². The Morgan fingerprint density at radius 3 is 2.13 bits per heavy atom. The zero-order chi connectivity index (χ0) is 11.5. The summed E-state index contributed by atoms with van der Waals surface area (Å²) in [6.45, 7) is 6.88. The summed E-state index contributed by atoms with van der Waals surface area (Å²) >= 11 is 0. The molecule has 0 aliphatic heterocycles. The molecule has 15 heavy (non-hydrogen) atoms. The first-order valence-corrected chi connectivity index (χ1v) is 6.26. The van der Waals surface area contributed by atoms with Crippen LogP contribution in [-0.2, 0) is 4.74 Å². The highest BCUT2D eigenvalue weighted by atomic mass is 16.5. The molecule has 2 heteroatoms. The lowest BCUT2D eigenvalue weighted by molar-refractivity contribution is -0.0798. The Balaban J connectivity index is 2.63. The molecule has 1 rings (SSSR count). The maximum Gasteiger partial charge on any atom is 0.0829 e. The molecule has 0 aromatic carbocycles. The molecule has 0 aromatic heterocycles. The monoisotopic (exact) mass is 213 g/mol. The Labute approximate surface area is 94.6 Å². The molecule has 0 spiro atoms. The third kappa shape index (κ3) is 2.94. The van der Waals surface area contributed by atoms with Crippen molar-refractivity contribution in [2.24, 2.45) is 11.1 Å². The van der Waals surface area contributed by atoms with E-state index in [4.69, 9.17) is 10.5 Å². The second-order valence-corrected chi connectivity index (χ2v) is 5.83. The van der Waals surface area contributed by atoms with Crippen molar-refractivity contribution in [1.82, 2.24) is 0 Å². The lowest BCUT2D eigenvalue weighted by Crippen LogP contribution is -2.52. The maximum absolute atomic E-state index is 6.27. The fourth-order valence-corrected chi connectivity index (χ4v) is 2.65. The van der Waals surface area contributed by atoms with Crippen molar-refractivity contribution in [3.8, 4) is 0 Å². The summed E-state index contributed by atoms with van der Waals surface area (Å²) in [6, 6.07) is 0.212. The molecule has 0 bridgehead atoms. The fourth-order valence-electron chi connectivity index (χ4n) is 2.65. The highest BCUT2D eigenvalue weighted by Gasteiger charge is 2.42. The maximum atomic E-state index is 6.27. The van der Waals surface area contributed by atoms with Gasteiger partial charge in [0.25, 0.3) is 0 Å². The van der Waals surface area contributed by atoms with Gasteiger partial charge in [0.1, 0.15) is 0 Å². The summed E-state index contributed by atoms with van der Waals surface area (Å²) in [5, 5.41) is 0. The number of hydrogen-bond donors (Lipinski definition) is 1. The smallest absolute Gasteiger partial charge is 0.0829 e. The third-order valence-electron chi connectivity index (χ3n) is 4.13. The van der Waals surface area contributed by atoms with E-state index in [1.165, 1.54) is 12.8 Å². The Morgan fingerprint density at radius 2 is 1.73 bits per heavy atom. The molecule has 1 fully saturated rings. The Kier molecular flexibility index (Phi) is 4.19. The van der Waals surface area contributed by atoms with Crippen LogP contribution in [-0.4, -0.2) is 18.8 Å². The van der Waals surface area contributed by atoms with Gasteiger partial charge in [-0.25, -0.2) is 0 Å². The first-order chi connectivity index (χ1) is 6.96. The molecule has 2 N–H and O–H groups in total. The van der Waals surface area contributed by atoms with Gasteiger partial charge in [-0.05, 0) is 37.5 Å². The van der Waals surface area contributed by atoms with Crippen molar-refractivity contribution in [1.29, 1.82) is 0 Å². The average Bonchev–Trinajstić information content (AvgIpc) is 2.19. The van der Waals surface area contributed by atoms with E-state index in [1.54, 1.807) is 0 Å². The lowest BCUT2D eigenvalue weighted by atomic mass is 9.68.